The third kappa shape index (κ3) is 6.59. The number of carbonyl (C=O) groups is 2. The Kier molecular flexibility index (Phi) is 8.11. The van der Waals surface area contributed by atoms with Crippen molar-refractivity contribution >= 4 is 19.1 Å². The van der Waals surface area contributed by atoms with Gasteiger partial charge in [-0.1, -0.05) is 30.3 Å². The van der Waals surface area contributed by atoms with E-state index < -0.39 is 19.1 Å². The molecule has 1 heterocycles. The first-order chi connectivity index (χ1) is 13.0. The fourth-order valence-electron chi connectivity index (χ4n) is 3.24. The van der Waals surface area contributed by atoms with E-state index in [1.54, 1.807) is 4.90 Å². The minimum absolute atomic E-state index is 0.156. The molecular formula is C18H25BN4O4. The van der Waals surface area contributed by atoms with Crippen LogP contribution in [0, 0.1) is 11.3 Å². The molecule has 144 valence electrons. The second-order valence-corrected chi connectivity index (χ2v) is 6.64. The first-order valence-corrected chi connectivity index (χ1v) is 9.12. The lowest BCUT2D eigenvalue weighted by Crippen LogP contribution is -2.54. The Morgan fingerprint density at radius 2 is 2.04 bits per heavy atom. The van der Waals surface area contributed by atoms with Gasteiger partial charge in [-0.05, 0) is 31.2 Å². The second-order valence-electron chi connectivity index (χ2n) is 6.64. The van der Waals surface area contributed by atoms with Gasteiger partial charge in [0.1, 0.15) is 6.42 Å². The van der Waals surface area contributed by atoms with E-state index >= 15 is 0 Å². The van der Waals surface area contributed by atoms with Crippen LogP contribution in [0.5, 0.6) is 0 Å². The van der Waals surface area contributed by atoms with E-state index in [1.165, 1.54) is 0 Å². The molecule has 0 aliphatic carbocycles. The number of benzene rings is 1. The highest BCUT2D eigenvalue weighted by Gasteiger charge is 2.28. The summed E-state index contributed by atoms with van der Waals surface area (Å²) in [4.78, 5) is 25.9. The van der Waals surface area contributed by atoms with Crippen molar-refractivity contribution in [3.05, 3.63) is 35.9 Å². The second kappa shape index (κ2) is 10.6. The van der Waals surface area contributed by atoms with Crippen LogP contribution in [0.1, 0.15) is 31.2 Å². The molecule has 8 nitrogen and oxygen atoms in total. The number of hydrogen-bond acceptors (Lipinski definition) is 5. The number of nitrogens with zero attached hydrogens (tertiary/aromatic N) is 2. The Hall–Kier alpha value is -2.57. The minimum atomic E-state index is -1.70. The molecule has 1 aromatic rings. The lowest BCUT2D eigenvalue weighted by molar-refractivity contribution is -0.133. The number of rotatable bonds is 7. The van der Waals surface area contributed by atoms with Crippen LogP contribution in [0.2, 0.25) is 0 Å². The summed E-state index contributed by atoms with van der Waals surface area (Å²) in [5, 5.41) is 33.1. The monoisotopic (exact) mass is 372 g/mol. The molecule has 2 atom stereocenters. The minimum Gasteiger partial charge on any atom is -0.426 e. The smallest absolute Gasteiger partial charge is 0.426 e. The van der Waals surface area contributed by atoms with Crippen molar-refractivity contribution in [2.45, 2.75) is 44.1 Å². The fraction of sp³-hybridized carbons (Fsp3) is 0.500. The molecule has 4 N–H and O–H groups in total. The number of piperidine rings is 1. The van der Waals surface area contributed by atoms with Gasteiger partial charge in [-0.3, -0.25) is 4.79 Å². The van der Waals surface area contributed by atoms with Crippen molar-refractivity contribution < 1.29 is 19.6 Å². The molecule has 27 heavy (non-hydrogen) atoms. The highest BCUT2D eigenvalue weighted by molar-refractivity contribution is 6.43. The van der Waals surface area contributed by atoms with Crippen LogP contribution in [0.15, 0.2) is 30.3 Å². The van der Waals surface area contributed by atoms with Gasteiger partial charge in [0, 0.05) is 19.1 Å². The summed E-state index contributed by atoms with van der Waals surface area (Å²) in [6.45, 7) is 0.836. The van der Waals surface area contributed by atoms with E-state index in [4.69, 9.17) is 5.26 Å². The average Bonchev–Trinajstić information content (AvgIpc) is 2.67. The third-order valence-corrected chi connectivity index (χ3v) is 4.65. The number of likely N-dealkylation sites (tertiary alicyclic amines) is 1. The maximum atomic E-state index is 12.2. The molecule has 9 heteroatoms. The van der Waals surface area contributed by atoms with Crippen molar-refractivity contribution in [1.29, 1.82) is 5.26 Å². The summed E-state index contributed by atoms with van der Waals surface area (Å²) in [6, 6.07) is 10.4. The van der Waals surface area contributed by atoms with Crippen LogP contribution < -0.4 is 10.6 Å². The zero-order chi connectivity index (χ0) is 19.6. The average molecular weight is 372 g/mol. The third-order valence-electron chi connectivity index (χ3n) is 4.65. The van der Waals surface area contributed by atoms with Crippen LogP contribution in [-0.4, -0.2) is 59.1 Å². The summed E-state index contributed by atoms with van der Waals surface area (Å²) in [5.41, 5.74) is 0.872. The van der Waals surface area contributed by atoms with E-state index in [2.05, 4.69) is 10.6 Å². The van der Waals surface area contributed by atoms with Crippen molar-refractivity contribution in [2.24, 2.45) is 0 Å². The van der Waals surface area contributed by atoms with Crippen molar-refractivity contribution in [1.82, 2.24) is 15.5 Å². The number of carbonyl (C=O) groups excluding carboxylic acids is 2. The summed E-state index contributed by atoms with van der Waals surface area (Å²) in [6.07, 6.45) is 2.71. The molecule has 0 spiro atoms. The largest absolute Gasteiger partial charge is 0.475 e. The fourth-order valence-corrected chi connectivity index (χ4v) is 3.24. The van der Waals surface area contributed by atoms with Crippen molar-refractivity contribution in [3.8, 4) is 6.07 Å². The Labute approximate surface area is 159 Å². The van der Waals surface area contributed by atoms with Gasteiger partial charge in [-0.15, -0.1) is 0 Å². The number of amides is 3. The van der Waals surface area contributed by atoms with Gasteiger partial charge in [-0.25, -0.2) is 4.79 Å². The quantitative estimate of drug-likeness (QED) is 0.509. The molecule has 0 radical (unpaired) electrons. The molecule has 1 aromatic carbocycles. The first kappa shape index (κ1) is 20.7. The maximum absolute atomic E-state index is 12.2. The van der Waals surface area contributed by atoms with Gasteiger partial charge in [-0.2, -0.15) is 5.26 Å². The molecule has 3 amide bonds. The van der Waals surface area contributed by atoms with Gasteiger partial charge >= 0.3 is 13.1 Å². The maximum Gasteiger partial charge on any atom is 0.475 e. The highest BCUT2D eigenvalue weighted by atomic mass is 16.4. The van der Waals surface area contributed by atoms with Crippen molar-refractivity contribution in [3.63, 3.8) is 0 Å². The molecule has 0 unspecified atom stereocenters. The zero-order valence-electron chi connectivity index (χ0n) is 15.2. The lowest BCUT2D eigenvalue weighted by Gasteiger charge is -2.35. The van der Waals surface area contributed by atoms with E-state index in [9.17, 15) is 19.6 Å². The molecule has 1 aliphatic heterocycles. The standard InChI is InChI=1S/C18H25BN4O4/c20-10-9-17(24)23-11-5-4-8-15(23)13-21-18(25)22-16(19(26)27)12-14-6-2-1-3-7-14/h1-3,6-7,15-16,26-27H,4-5,8-9,11-13H2,(H2,21,22,25)/t15-,16-/m0/s1. The van der Waals surface area contributed by atoms with Gasteiger partial charge in [0.15, 0.2) is 0 Å². The van der Waals surface area contributed by atoms with Gasteiger partial charge in [0.25, 0.3) is 0 Å². The Morgan fingerprint density at radius 3 is 2.70 bits per heavy atom. The summed E-state index contributed by atoms with van der Waals surface area (Å²) in [5.74, 6) is -1.08. The molecule has 2 rings (SSSR count). The molecular weight excluding hydrogens is 347 g/mol. The van der Waals surface area contributed by atoms with Gasteiger partial charge in [0.2, 0.25) is 5.91 Å². The molecule has 0 bridgehead atoms. The number of hydrogen-bond donors (Lipinski definition) is 4. The number of urea groups is 1. The predicted molar refractivity (Wildman–Crippen MR) is 100 cm³/mol. The molecule has 1 saturated heterocycles. The van der Waals surface area contributed by atoms with E-state index in [1.807, 2.05) is 36.4 Å². The van der Waals surface area contributed by atoms with Crippen molar-refractivity contribution in [2.75, 3.05) is 13.1 Å². The van der Waals surface area contributed by atoms with Gasteiger partial charge < -0.3 is 25.6 Å². The Morgan fingerprint density at radius 1 is 1.30 bits per heavy atom. The Balaban J connectivity index is 1.87. The molecule has 1 fully saturated rings. The normalized spacial score (nSPS) is 17.5. The van der Waals surface area contributed by atoms with Crippen LogP contribution in [-0.2, 0) is 11.2 Å². The summed E-state index contributed by atoms with van der Waals surface area (Å²) in [7, 11) is -1.70. The van der Waals surface area contributed by atoms with Crippen LogP contribution in [0.3, 0.4) is 0 Å². The van der Waals surface area contributed by atoms with Crippen LogP contribution >= 0.6 is 0 Å². The molecule has 1 aliphatic rings. The summed E-state index contributed by atoms with van der Waals surface area (Å²) >= 11 is 0. The van der Waals surface area contributed by atoms with E-state index in [-0.39, 0.29) is 31.3 Å². The topological polar surface area (TPSA) is 126 Å². The first-order valence-electron chi connectivity index (χ1n) is 9.12. The molecule has 0 aromatic heterocycles. The number of nitrogens with one attached hydrogen (secondary N) is 2. The van der Waals surface area contributed by atoms with E-state index in [0.717, 1.165) is 24.8 Å². The SMILES string of the molecule is N#CCC(=O)N1CCCC[C@H]1CNC(=O)N[C@@H](Cc1ccccc1)B(O)O. The van der Waals surface area contributed by atoms with E-state index in [0.29, 0.717) is 6.54 Å². The number of nitriles is 1. The Bertz CT molecular complexity index is 665. The van der Waals surface area contributed by atoms with Gasteiger partial charge in [0.05, 0.1) is 12.0 Å². The molecule has 0 saturated carbocycles. The summed E-state index contributed by atoms with van der Waals surface area (Å²) < 4.78 is 0. The highest BCUT2D eigenvalue weighted by Crippen LogP contribution is 2.17. The predicted octanol–water partition coefficient (Wildman–Crippen LogP) is 0.204. The zero-order valence-corrected chi connectivity index (χ0v) is 15.2. The van der Waals surface area contributed by atoms with Crippen LogP contribution in [0.4, 0.5) is 4.79 Å². The van der Waals surface area contributed by atoms with Crippen LogP contribution in [0.25, 0.3) is 0 Å². The lowest BCUT2D eigenvalue weighted by atomic mass is 9.76.